The lowest BCUT2D eigenvalue weighted by atomic mass is 9.97. The Hall–Kier alpha value is -5.44. The molecule has 2 saturated heterocycles. The van der Waals surface area contributed by atoms with Gasteiger partial charge in [-0.3, -0.25) is 24.0 Å². The minimum Gasteiger partial charge on any atom is -0.366 e. The zero-order valence-electron chi connectivity index (χ0n) is 27.9. The number of benzene rings is 1. The number of anilines is 4. The van der Waals surface area contributed by atoms with Crippen LogP contribution in [0.5, 0.6) is 0 Å². The number of halogens is 1. The highest BCUT2D eigenvalue weighted by Gasteiger charge is 2.35. The quantitative estimate of drug-likeness (QED) is 0.239. The number of nitrogens with one attached hydrogen (secondary N) is 3. The number of rotatable bonds is 9. The van der Waals surface area contributed by atoms with Gasteiger partial charge in [-0.1, -0.05) is 12.1 Å². The summed E-state index contributed by atoms with van der Waals surface area (Å²) in [4.78, 5) is 48.4. The molecule has 1 aromatic carbocycles. The molecule has 15 heteroatoms. The molecule has 6 heterocycles. The van der Waals surface area contributed by atoms with E-state index in [0.29, 0.717) is 37.6 Å². The van der Waals surface area contributed by atoms with Gasteiger partial charge in [0.1, 0.15) is 11.5 Å². The van der Waals surface area contributed by atoms with Crippen LogP contribution in [0.1, 0.15) is 64.1 Å². The van der Waals surface area contributed by atoms with E-state index in [1.165, 1.54) is 19.2 Å². The van der Waals surface area contributed by atoms with Crippen molar-refractivity contribution in [3.63, 3.8) is 0 Å². The van der Waals surface area contributed by atoms with E-state index in [1.54, 1.807) is 11.0 Å². The van der Waals surface area contributed by atoms with Crippen molar-refractivity contribution in [3.05, 3.63) is 71.2 Å². The van der Waals surface area contributed by atoms with Crippen molar-refractivity contribution in [1.82, 2.24) is 40.1 Å². The van der Waals surface area contributed by atoms with Gasteiger partial charge in [0.2, 0.25) is 5.91 Å². The van der Waals surface area contributed by atoms with E-state index in [-0.39, 0.29) is 41.0 Å². The molecule has 4 aliphatic rings. The lowest BCUT2D eigenvalue weighted by Gasteiger charge is -2.40. The zero-order chi connectivity index (χ0) is 34.5. The van der Waals surface area contributed by atoms with Gasteiger partial charge in [0.15, 0.2) is 11.5 Å². The third-order valence-electron chi connectivity index (χ3n) is 9.89. The molecular formula is C35H38FN11O3. The van der Waals surface area contributed by atoms with E-state index in [1.807, 2.05) is 31.4 Å². The number of aromatic nitrogens is 5. The van der Waals surface area contributed by atoms with Gasteiger partial charge in [-0.2, -0.15) is 5.10 Å². The highest BCUT2D eigenvalue weighted by Crippen LogP contribution is 2.45. The van der Waals surface area contributed by atoms with Crippen molar-refractivity contribution in [2.24, 2.45) is 5.92 Å². The molecule has 3 aromatic heterocycles. The smallest absolute Gasteiger partial charge is 0.273 e. The van der Waals surface area contributed by atoms with Crippen LogP contribution in [0.3, 0.4) is 0 Å². The summed E-state index contributed by atoms with van der Waals surface area (Å²) in [5.74, 6) is -0.782. The number of nitrogens with zero attached hydrogens (tertiary/aromatic N) is 8. The Labute approximate surface area is 288 Å². The Morgan fingerprint density at radius 2 is 1.80 bits per heavy atom. The van der Waals surface area contributed by atoms with Gasteiger partial charge < -0.3 is 25.8 Å². The average Bonchev–Trinajstić information content (AvgIpc) is 3.65. The standard InChI is InChI=1S/C35H38FN11O3/c1-37-34(49)31-27(14-30(42-43-31)41-33(48)20-8-9-20)39-25-7-5-6-22-23-15-38-47(29(23)19-44(2)32(22)25)21-16-45(17-21)18-28-24(36)10-11-26(40-28)35(50)46-12-3-4-13-46/h5-7,10-11,14-15,20-21H,3-4,8-9,12-13,16-19H2,1-2H3,(H,37,49)(H2,39,41,42,48). The topological polar surface area (TPSA) is 154 Å². The van der Waals surface area contributed by atoms with Crippen LogP contribution in [0.15, 0.2) is 42.6 Å². The maximum Gasteiger partial charge on any atom is 0.273 e. The first kappa shape index (κ1) is 31.8. The predicted octanol–water partition coefficient (Wildman–Crippen LogP) is 3.57. The second-order valence-corrected chi connectivity index (χ2v) is 13.4. The molecule has 1 aliphatic carbocycles. The number of pyridine rings is 1. The molecule has 0 atom stereocenters. The van der Waals surface area contributed by atoms with Crippen LogP contribution >= 0.6 is 0 Å². The van der Waals surface area contributed by atoms with Gasteiger partial charge >= 0.3 is 0 Å². The lowest BCUT2D eigenvalue weighted by molar-refractivity contribution is -0.117. The average molecular weight is 680 g/mol. The first-order chi connectivity index (χ1) is 24.3. The van der Waals surface area contributed by atoms with Crippen molar-refractivity contribution in [3.8, 4) is 11.1 Å². The van der Waals surface area contributed by atoms with Crippen molar-refractivity contribution in [2.45, 2.75) is 44.8 Å². The minimum atomic E-state index is -0.408. The molecule has 50 heavy (non-hydrogen) atoms. The summed E-state index contributed by atoms with van der Waals surface area (Å²) in [5.41, 5.74) is 5.87. The van der Waals surface area contributed by atoms with E-state index in [0.717, 1.165) is 67.0 Å². The van der Waals surface area contributed by atoms with Crippen LogP contribution in [0, 0.1) is 11.7 Å². The molecule has 3 amide bonds. The normalized spacial score (nSPS) is 17.2. The van der Waals surface area contributed by atoms with E-state index in [4.69, 9.17) is 5.10 Å². The Bertz CT molecular complexity index is 2000. The summed E-state index contributed by atoms with van der Waals surface area (Å²) in [6, 6.07) is 10.5. The molecule has 0 radical (unpaired) electrons. The highest BCUT2D eigenvalue weighted by atomic mass is 19.1. The molecule has 8 rings (SSSR count). The Balaban J connectivity index is 0.999. The third kappa shape index (κ3) is 5.91. The molecule has 4 aromatic rings. The number of amides is 3. The SMILES string of the molecule is CNC(=O)c1nnc(NC(=O)C2CC2)cc1Nc1cccc2c1N(C)Cc1c-2cnn1C1CN(Cc2nc(C(=O)N3CCCC3)ccc2F)C1. The number of carbonyl (C=O) groups excluding carboxylic acids is 3. The Kier molecular flexibility index (Phi) is 8.13. The van der Waals surface area contributed by atoms with Crippen LogP contribution in [0.2, 0.25) is 0 Å². The molecule has 1 saturated carbocycles. The van der Waals surface area contributed by atoms with Gasteiger partial charge in [0.25, 0.3) is 11.8 Å². The third-order valence-corrected chi connectivity index (χ3v) is 9.89. The number of carbonyl (C=O) groups is 3. The fourth-order valence-corrected chi connectivity index (χ4v) is 7.05. The van der Waals surface area contributed by atoms with Gasteiger partial charge in [0, 0.05) is 69.9 Å². The highest BCUT2D eigenvalue weighted by molar-refractivity contribution is 6.01. The van der Waals surface area contributed by atoms with E-state index in [9.17, 15) is 18.8 Å². The summed E-state index contributed by atoms with van der Waals surface area (Å²) >= 11 is 0. The first-order valence-electron chi connectivity index (χ1n) is 17.0. The first-order valence-corrected chi connectivity index (χ1v) is 17.0. The molecule has 3 fully saturated rings. The largest absolute Gasteiger partial charge is 0.366 e. The van der Waals surface area contributed by atoms with E-state index >= 15 is 0 Å². The molecule has 14 nitrogen and oxygen atoms in total. The Morgan fingerprint density at radius 1 is 1.00 bits per heavy atom. The maximum atomic E-state index is 14.8. The summed E-state index contributed by atoms with van der Waals surface area (Å²) in [5, 5.41) is 21.8. The number of fused-ring (bicyclic) bond motifs is 3. The second-order valence-electron chi connectivity index (χ2n) is 13.4. The monoisotopic (exact) mass is 679 g/mol. The molecular weight excluding hydrogens is 641 g/mol. The van der Waals surface area contributed by atoms with Crippen molar-refractivity contribution in [2.75, 3.05) is 55.8 Å². The van der Waals surface area contributed by atoms with Crippen LogP contribution in [0.25, 0.3) is 11.1 Å². The van der Waals surface area contributed by atoms with Gasteiger partial charge in [-0.05, 0) is 43.9 Å². The number of likely N-dealkylation sites (tertiary alicyclic amines) is 2. The van der Waals surface area contributed by atoms with Gasteiger partial charge in [-0.25, -0.2) is 9.37 Å². The summed E-state index contributed by atoms with van der Waals surface area (Å²) in [6.07, 6.45) is 5.57. The van der Waals surface area contributed by atoms with Crippen LogP contribution in [-0.4, -0.2) is 92.8 Å². The van der Waals surface area contributed by atoms with Crippen LogP contribution in [0.4, 0.5) is 27.3 Å². The summed E-state index contributed by atoms with van der Waals surface area (Å²) < 4.78 is 16.8. The summed E-state index contributed by atoms with van der Waals surface area (Å²) in [7, 11) is 3.54. The van der Waals surface area contributed by atoms with Crippen molar-refractivity contribution >= 4 is 40.6 Å². The minimum absolute atomic E-state index is 0.00625. The van der Waals surface area contributed by atoms with E-state index in [2.05, 4.69) is 45.6 Å². The molecule has 3 N–H and O–H groups in total. The van der Waals surface area contributed by atoms with Gasteiger partial charge in [-0.15, -0.1) is 10.2 Å². The number of hydrogen-bond donors (Lipinski definition) is 3. The zero-order valence-corrected chi connectivity index (χ0v) is 27.9. The van der Waals surface area contributed by atoms with Crippen LogP contribution < -0.4 is 20.9 Å². The van der Waals surface area contributed by atoms with Gasteiger partial charge in [0.05, 0.1) is 47.2 Å². The predicted molar refractivity (Wildman–Crippen MR) is 183 cm³/mol. The molecule has 0 unspecified atom stereocenters. The Morgan fingerprint density at radius 3 is 2.56 bits per heavy atom. The van der Waals surface area contributed by atoms with Crippen molar-refractivity contribution < 1.29 is 18.8 Å². The second kappa shape index (κ2) is 12.8. The molecule has 258 valence electrons. The molecule has 0 spiro atoms. The molecule has 0 bridgehead atoms. The fraction of sp³-hybridized carbons (Fsp3) is 0.400. The maximum absolute atomic E-state index is 14.8. The number of hydrogen-bond acceptors (Lipinski definition) is 10. The van der Waals surface area contributed by atoms with Crippen molar-refractivity contribution in [1.29, 1.82) is 0 Å². The molecule has 3 aliphatic heterocycles. The van der Waals surface area contributed by atoms with Crippen LogP contribution in [-0.2, 0) is 17.9 Å². The lowest BCUT2D eigenvalue weighted by Crippen LogP contribution is -2.48. The van der Waals surface area contributed by atoms with E-state index < -0.39 is 11.7 Å². The number of para-hydroxylation sites is 1. The summed E-state index contributed by atoms with van der Waals surface area (Å²) in [6.45, 7) is 3.70. The fourth-order valence-electron chi connectivity index (χ4n) is 7.05.